The maximum Gasteiger partial charge on any atom is 0.341 e. The van der Waals surface area contributed by atoms with Gasteiger partial charge < -0.3 is 18.9 Å². The number of rotatable bonds is 8. The molecule has 0 unspecified atom stereocenters. The molecule has 0 aliphatic carbocycles. The second kappa shape index (κ2) is 11.6. The molecule has 0 spiro atoms. The highest BCUT2D eigenvalue weighted by Gasteiger charge is 2.22. The third-order valence-electron chi connectivity index (χ3n) is 6.13. The number of aromatic nitrogens is 2. The lowest BCUT2D eigenvalue weighted by Gasteiger charge is -2.14. The van der Waals surface area contributed by atoms with Crippen LogP contribution < -0.4 is 14.2 Å². The van der Waals surface area contributed by atoms with Crippen molar-refractivity contribution in [2.45, 2.75) is 27.7 Å². The number of halogens is 1. The van der Waals surface area contributed by atoms with Crippen molar-refractivity contribution in [1.82, 2.24) is 9.97 Å². The van der Waals surface area contributed by atoms with E-state index in [0.717, 1.165) is 28.6 Å². The van der Waals surface area contributed by atoms with Crippen LogP contribution in [0.3, 0.4) is 0 Å². The fraction of sp³-hybridized carbons (Fsp3) is 0.167. The van der Waals surface area contributed by atoms with Crippen molar-refractivity contribution < 1.29 is 28.1 Å². The molecule has 0 bridgehead atoms. The van der Waals surface area contributed by atoms with Crippen LogP contribution in [-0.4, -0.2) is 23.0 Å². The normalized spacial score (nSPS) is 11.2. The highest BCUT2D eigenvalue weighted by Crippen LogP contribution is 2.35. The Labute approximate surface area is 220 Å². The molecular formula is C30H27FN2O5. The summed E-state index contributed by atoms with van der Waals surface area (Å²) >= 11 is 0. The van der Waals surface area contributed by atoms with Gasteiger partial charge in [0.05, 0.1) is 7.11 Å². The van der Waals surface area contributed by atoms with Crippen molar-refractivity contribution in [2.24, 2.45) is 0 Å². The molecule has 3 aromatic carbocycles. The summed E-state index contributed by atoms with van der Waals surface area (Å²) in [5.41, 5.74) is 4.21. The van der Waals surface area contributed by atoms with Gasteiger partial charge in [-0.15, -0.1) is 0 Å². The molecule has 7 nitrogen and oxygen atoms in total. The zero-order chi connectivity index (χ0) is 27.2. The number of aryl methyl sites for hydroxylation is 2. The maximum atomic E-state index is 15.4. The van der Waals surface area contributed by atoms with E-state index in [1.54, 1.807) is 36.4 Å². The minimum Gasteiger partial charge on any atom is -0.465 e. The van der Waals surface area contributed by atoms with Gasteiger partial charge in [0.1, 0.15) is 35.4 Å². The summed E-state index contributed by atoms with van der Waals surface area (Å²) in [4.78, 5) is 20.6. The summed E-state index contributed by atoms with van der Waals surface area (Å²) in [6.45, 7) is 7.69. The minimum absolute atomic E-state index is 0.0744. The predicted octanol–water partition coefficient (Wildman–Crippen LogP) is 7.03. The molecule has 0 aliphatic heterocycles. The number of ether oxygens (including phenoxy) is 4. The number of esters is 1. The van der Waals surface area contributed by atoms with Crippen LogP contribution in [0.2, 0.25) is 0 Å². The van der Waals surface area contributed by atoms with Crippen LogP contribution in [0.4, 0.5) is 4.39 Å². The molecule has 4 aromatic rings. The molecule has 0 amide bonds. The first-order valence-electron chi connectivity index (χ1n) is 11.8. The minimum atomic E-state index is -0.890. The van der Waals surface area contributed by atoms with E-state index in [4.69, 9.17) is 18.9 Å². The van der Waals surface area contributed by atoms with Gasteiger partial charge in [0.25, 0.3) is 11.8 Å². The standard InChI is InChI=1S/C30H27FN2O5/c1-18-10-8-14-24(20(18)3)36-16-23(30(34)35-5)22-12-6-7-13-26(22)38-29-27(31)28(32-17-33-29)37-25-15-9-11-19(2)21(25)4/h6-17H,1-5H3/b23-16+. The summed E-state index contributed by atoms with van der Waals surface area (Å²) in [6.07, 6.45) is 2.43. The molecule has 38 heavy (non-hydrogen) atoms. The number of hydrogen-bond donors (Lipinski definition) is 0. The van der Waals surface area contributed by atoms with Crippen LogP contribution in [0.15, 0.2) is 73.3 Å². The van der Waals surface area contributed by atoms with Crippen LogP contribution in [0.5, 0.6) is 29.0 Å². The van der Waals surface area contributed by atoms with E-state index in [1.807, 2.05) is 52.0 Å². The third kappa shape index (κ3) is 5.64. The first-order valence-corrected chi connectivity index (χ1v) is 11.8. The van der Waals surface area contributed by atoms with Crippen molar-refractivity contribution in [3.8, 4) is 29.0 Å². The van der Waals surface area contributed by atoms with Crippen LogP contribution in [-0.2, 0) is 9.53 Å². The zero-order valence-corrected chi connectivity index (χ0v) is 21.7. The number of benzene rings is 3. The molecule has 4 rings (SSSR count). The largest absolute Gasteiger partial charge is 0.465 e. The molecule has 8 heteroatoms. The molecule has 0 saturated heterocycles. The van der Waals surface area contributed by atoms with Crippen LogP contribution in [0.1, 0.15) is 27.8 Å². The Morgan fingerprint density at radius 2 is 1.32 bits per heavy atom. The molecule has 0 saturated carbocycles. The molecular weight excluding hydrogens is 487 g/mol. The van der Waals surface area contributed by atoms with Gasteiger partial charge in [-0.2, -0.15) is 14.4 Å². The van der Waals surface area contributed by atoms with Gasteiger partial charge in [-0.05, 0) is 68.1 Å². The van der Waals surface area contributed by atoms with Gasteiger partial charge in [0, 0.05) is 5.56 Å². The fourth-order valence-corrected chi connectivity index (χ4v) is 3.61. The first-order chi connectivity index (χ1) is 18.3. The van der Waals surface area contributed by atoms with Gasteiger partial charge in [-0.25, -0.2) is 4.79 Å². The zero-order valence-electron chi connectivity index (χ0n) is 21.7. The summed E-state index contributed by atoms with van der Waals surface area (Å²) in [7, 11) is 1.26. The van der Waals surface area contributed by atoms with Crippen molar-refractivity contribution in [3.63, 3.8) is 0 Å². The quantitative estimate of drug-likeness (QED) is 0.142. The highest BCUT2D eigenvalue weighted by atomic mass is 19.1. The van der Waals surface area contributed by atoms with Crippen molar-refractivity contribution in [2.75, 3.05) is 7.11 Å². The molecule has 194 valence electrons. The molecule has 1 aromatic heterocycles. The summed E-state index contributed by atoms with van der Waals surface area (Å²) < 4.78 is 37.8. The molecule has 0 aliphatic rings. The Morgan fingerprint density at radius 1 is 0.763 bits per heavy atom. The summed E-state index contributed by atoms with van der Waals surface area (Å²) in [5, 5.41) is 0. The van der Waals surface area contributed by atoms with Crippen molar-refractivity contribution in [3.05, 3.63) is 107 Å². The number of methoxy groups -OCH3 is 1. The van der Waals surface area contributed by atoms with E-state index >= 15 is 4.39 Å². The Hall–Kier alpha value is -4.72. The average molecular weight is 515 g/mol. The van der Waals surface area contributed by atoms with Gasteiger partial charge in [0.15, 0.2) is 0 Å². The number of carbonyl (C=O) groups excluding carboxylic acids is 1. The summed E-state index contributed by atoms with van der Waals surface area (Å²) in [5.74, 6) is -1.00. The number of para-hydroxylation sites is 1. The van der Waals surface area contributed by atoms with E-state index in [1.165, 1.54) is 13.4 Å². The molecule has 0 radical (unpaired) electrons. The van der Waals surface area contributed by atoms with E-state index < -0.39 is 11.8 Å². The third-order valence-corrected chi connectivity index (χ3v) is 6.13. The second-order valence-corrected chi connectivity index (χ2v) is 8.54. The van der Waals surface area contributed by atoms with E-state index in [-0.39, 0.29) is 23.1 Å². The highest BCUT2D eigenvalue weighted by molar-refractivity contribution is 6.17. The molecule has 0 N–H and O–H groups in total. The fourth-order valence-electron chi connectivity index (χ4n) is 3.61. The Balaban J connectivity index is 1.68. The summed E-state index contributed by atoms with van der Waals surface area (Å²) in [6, 6.07) is 17.7. The monoisotopic (exact) mass is 514 g/mol. The average Bonchev–Trinajstić information content (AvgIpc) is 2.92. The SMILES string of the molecule is COC(=O)/C(=C/Oc1cccc(C)c1C)c1ccccc1Oc1ncnc(Oc2cccc(C)c2C)c1F. The molecule has 0 fully saturated rings. The smallest absolute Gasteiger partial charge is 0.341 e. The second-order valence-electron chi connectivity index (χ2n) is 8.54. The van der Waals surface area contributed by atoms with Gasteiger partial charge >= 0.3 is 5.97 Å². The Kier molecular flexibility index (Phi) is 8.01. The van der Waals surface area contributed by atoms with Gasteiger partial charge in [-0.3, -0.25) is 0 Å². The van der Waals surface area contributed by atoms with E-state index in [0.29, 0.717) is 17.1 Å². The Bertz CT molecular complexity index is 1520. The number of nitrogens with zero attached hydrogens (tertiary/aromatic N) is 2. The van der Waals surface area contributed by atoms with Gasteiger partial charge in [0.2, 0.25) is 5.82 Å². The lowest BCUT2D eigenvalue weighted by atomic mass is 10.1. The van der Waals surface area contributed by atoms with Crippen LogP contribution in [0, 0.1) is 33.5 Å². The lowest BCUT2D eigenvalue weighted by Crippen LogP contribution is -2.07. The predicted molar refractivity (Wildman–Crippen MR) is 141 cm³/mol. The van der Waals surface area contributed by atoms with Crippen molar-refractivity contribution in [1.29, 1.82) is 0 Å². The van der Waals surface area contributed by atoms with Crippen LogP contribution in [0.25, 0.3) is 5.57 Å². The first kappa shape index (κ1) is 26.3. The number of carbonyl (C=O) groups is 1. The molecule has 1 heterocycles. The van der Waals surface area contributed by atoms with E-state index in [2.05, 4.69) is 9.97 Å². The maximum absolute atomic E-state index is 15.4. The Morgan fingerprint density at radius 3 is 1.97 bits per heavy atom. The molecule has 0 atom stereocenters. The van der Waals surface area contributed by atoms with Gasteiger partial charge in [-0.1, -0.05) is 42.5 Å². The van der Waals surface area contributed by atoms with E-state index in [9.17, 15) is 4.79 Å². The number of hydrogen-bond acceptors (Lipinski definition) is 7. The van der Waals surface area contributed by atoms with Crippen molar-refractivity contribution >= 4 is 11.5 Å². The topological polar surface area (TPSA) is 79.8 Å². The lowest BCUT2D eigenvalue weighted by molar-refractivity contribution is -0.133. The van der Waals surface area contributed by atoms with Crippen LogP contribution >= 0.6 is 0 Å².